The van der Waals surface area contributed by atoms with Crippen molar-refractivity contribution < 1.29 is 9.53 Å². The Kier molecular flexibility index (Phi) is 3.03. The highest BCUT2D eigenvalue weighted by Gasteiger charge is 2.22. The van der Waals surface area contributed by atoms with Gasteiger partial charge in [0.2, 0.25) is 0 Å². The Bertz CT molecular complexity index is 378. The van der Waals surface area contributed by atoms with Crippen LogP contribution in [0.15, 0.2) is 18.2 Å². The van der Waals surface area contributed by atoms with Crippen molar-refractivity contribution in [2.24, 2.45) is 0 Å². The molecule has 3 heteroatoms. The van der Waals surface area contributed by atoms with E-state index in [1.807, 2.05) is 26.8 Å². The fraction of sp³-hybridized carbons (Fsp3) is 0.417. The summed E-state index contributed by atoms with van der Waals surface area (Å²) in [5.41, 5.74) is 7.74. The third kappa shape index (κ3) is 2.49. The van der Waals surface area contributed by atoms with Gasteiger partial charge in [0.25, 0.3) is 0 Å². The van der Waals surface area contributed by atoms with E-state index in [0.717, 1.165) is 5.56 Å². The monoisotopic (exact) mass is 207 g/mol. The number of hydrogen-bond donors (Lipinski definition) is 1. The van der Waals surface area contributed by atoms with Gasteiger partial charge in [-0.25, -0.2) is 4.79 Å². The quantitative estimate of drug-likeness (QED) is 0.568. The lowest BCUT2D eigenvalue weighted by molar-refractivity contribution is 0.0598. The Morgan fingerprint density at radius 1 is 1.33 bits per heavy atom. The number of rotatable bonds is 1. The maximum Gasteiger partial charge on any atom is 0.338 e. The van der Waals surface area contributed by atoms with E-state index in [4.69, 9.17) is 10.5 Å². The minimum absolute atomic E-state index is 0.126. The molecule has 0 atom stereocenters. The number of esters is 1. The van der Waals surface area contributed by atoms with Gasteiger partial charge >= 0.3 is 5.97 Å². The van der Waals surface area contributed by atoms with Crippen molar-refractivity contribution in [1.82, 2.24) is 0 Å². The molecule has 0 aromatic heterocycles. The Morgan fingerprint density at radius 2 is 1.93 bits per heavy atom. The van der Waals surface area contributed by atoms with Gasteiger partial charge in [-0.1, -0.05) is 20.8 Å². The van der Waals surface area contributed by atoms with Crippen molar-refractivity contribution in [2.75, 3.05) is 12.8 Å². The molecular weight excluding hydrogens is 190 g/mol. The van der Waals surface area contributed by atoms with Gasteiger partial charge in [0, 0.05) is 5.69 Å². The second-order valence-corrected chi connectivity index (χ2v) is 4.55. The minimum atomic E-state index is -0.320. The van der Waals surface area contributed by atoms with Crippen LogP contribution < -0.4 is 5.73 Å². The zero-order valence-corrected chi connectivity index (χ0v) is 9.63. The number of nitrogen functional groups attached to an aromatic ring is 1. The summed E-state index contributed by atoms with van der Waals surface area (Å²) >= 11 is 0. The van der Waals surface area contributed by atoms with Gasteiger partial charge < -0.3 is 10.5 Å². The van der Waals surface area contributed by atoms with Crippen molar-refractivity contribution in [2.45, 2.75) is 26.2 Å². The van der Waals surface area contributed by atoms with E-state index in [2.05, 4.69) is 0 Å². The lowest BCUT2D eigenvalue weighted by Crippen LogP contribution is -2.18. The summed E-state index contributed by atoms with van der Waals surface area (Å²) in [5, 5.41) is 0. The number of anilines is 1. The maximum atomic E-state index is 11.5. The molecule has 0 unspecified atom stereocenters. The van der Waals surface area contributed by atoms with Crippen LogP contribution in [0.2, 0.25) is 0 Å². The zero-order chi connectivity index (χ0) is 11.6. The normalized spacial score (nSPS) is 11.2. The summed E-state index contributed by atoms with van der Waals surface area (Å²) in [4.78, 5) is 11.5. The number of methoxy groups -OCH3 is 1. The van der Waals surface area contributed by atoms with Crippen LogP contribution in [0.4, 0.5) is 5.69 Å². The Labute approximate surface area is 90.2 Å². The molecule has 1 aromatic carbocycles. The van der Waals surface area contributed by atoms with Crippen LogP contribution in [-0.2, 0) is 10.2 Å². The third-order valence-electron chi connectivity index (χ3n) is 2.26. The van der Waals surface area contributed by atoms with Gasteiger partial charge in [-0.2, -0.15) is 0 Å². The van der Waals surface area contributed by atoms with Crippen LogP contribution in [-0.4, -0.2) is 13.1 Å². The van der Waals surface area contributed by atoms with E-state index in [0.29, 0.717) is 11.3 Å². The first kappa shape index (κ1) is 11.6. The van der Waals surface area contributed by atoms with E-state index in [1.165, 1.54) is 7.11 Å². The predicted molar refractivity (Wildman–Crippen MR) is 60.9 cm³/mol. The maximum absolute atomic E-state index is 11.5. The second kappa shape index (κ2) is 3.93. The SMILES string of the molecule is COC(=O)c1ccc(N)cc1C(C)(C)C. The molecule has 0 fully saturated rings. The number of hydrogen-bond acceptors (Lipinski definition) is 3. The van der Waals surface area contributed by atoms with Crippen molar-refractivity contribution in [3.63, 3.8) is 0 Å². The smallest absolute Gasteiger partial charge is 0.338 e. The largest absolute Gasteiger partial charge is 0.465 e. The molecule has 0 aliphatic carbocycles. The van der Waals surface area contributed by atoms with Crippen LogP contribution >= 0.6 is 0 Å². The van der Waals surface area contributed by atoms with E-state index in [1.54, 1.807) is 12.1 Å². The minimum Gasteiger partial charge on any atom is -0.465 e. The highest BCUT2D eigenvalue weighted by atomic mass is 16.5. The molecule has 1 rings (SSSR count). The fourth-order valence-corrected chi connectivity index (χ4v) is 1.47. The van der Waals surface area contributed by atoms with Gasteiger partial charge in [-0.15, -0.1) is 0 Å². The van der Waals surface area contributed by atoms with E-state index >= 15 is 0 Å². The van der Waals surface area contributed by atoms with Crippen LogP contribution in [0.3, 0.4) is 0 Å². The highest BCUT2D eigenvalue weighted by Crippen LogP contribution is 2.28. The number of carbonyl (C=O) groups is 1. The lowest BCUT2D eigenvalue weighted by Gasteiger charge is -2.22. The molecule has 1 aromatic rings. The molecule has 2 N–H and O–H groups in total. The van der Waals surface area contributed by atoms with Gasteiger partial charge in [0.15, 0.2) is 0 Å². The van der Waals surface area contributed by atoms with Crippen LogP contribution in [0.25, 0.3) is 0 Å². The topological polar surface area (TPSA) is 52.3 Å². The van der Waals surface area contributed by atoms with E-state index in [-0.39, 0.29) is 11.4 Å². The number of nitrogens with two attached hydrogens (primary N) is 1. The molecule has 0 saturated carbocycles. The van der Waals surface area contributed by atoms with Crippen LogP contribution in [0.1, 0.15) is 36.7 Å². The summed E-state index contributed by atoms with van der Waals surface area (Å²) in [6, 6.07) is 5.25. The first-order chi connectivity index (χ1) is 6.86. The summed E-state index contributed by atoms with van der Waals surface area (Å²) < 4.78 is 4.73. The Morgan fingerprint density at radius 3 is 2.40 bits per heavy atom. The van der Waals surface area contributed by atoms with E-state index < -0.39 is 0 Å². The zero-order valence-electron chi connectivity index (χ0n) is 9.63. The molecule has 15 heavy (non-hydrogen) atoms. The lowest BCUT2D eigenvalue weighted by atomic mass is 9.83. The average molecular weight is 207 g/mol. The summed E-state index contributed by atoms with van der Waals surface area (Å²) in [6.45, 7) is 6.11. The average Bonchev–Trinajstić information content (AvgIpc) is 2.15. The molecule has 0 aliphatic rings. The number of benzene rings is 1. The van der Waals surface area contributed by atoms with Gasteiger partial charge in [0.05, 0.1) is 12.7 Å². The molecule has 0 aliphatic heterocycles. The molecule has 0 saturated heterocycles. The molecule has 0 radical (unpaired) electrons. The number of ether oxygens (including phenoxy) is 1. The van der Waals surface area contributed by atoms with Gasteiger partial charge in [-0.3, -0.25) is 0 Å². The summed E-state index contributed by atoms with van der Waals surface area (Å²) in [7, 11) is 1.38. The molecule has 0 heterocycles. The Hall–Kier alpha value is -1.51. The fourth-order valence-electron chi connectivity index (χ4n) is 1.47. The first-order valence-corrected chi connectivity index (χ1v) is 4.84. The summed E-state index contributed by atoms with van der Waals surface area (Å²) in [6.07, 6.45) is 0. The second-order valence-electron chi connectivity index (χ2n) is 4.55. The van der Waals surface area contributed by atoms with Crippen molar-refractivity contribution in [3.05, 3.63) is 29.3 Å². The van der Waals surface area contributed by atoms with Crippen molar-refractivity contribution in [3.8, 4) is 0 Å². The molecule has 0 spiro atoms. The van der Waals surface area contributed by atoms with Crippen molar-refractivity contribution >= 4 is 11.7 Å². The molecule has 3 nitrogen and oxygen atoms in total. The first-order valence-electron chi connectivity index (χ1n) is 4.84. The van der Waals surface area contributed by atoms with Gasteiger partial charge in [0.1, 0.15) is 0 Å². The standard InChI is InChI=1S/C12H17NO2/c1-12(2,3)10-7-8(13)5-6-9(10)11(14)15-4/h5-7H,13H2,1-4H3. The van der Waals surface area contributed by atoms with Gasteiger partial charge in [-0.05, 0) is 29.2 Å². The third-order valence-corrected chi connectivity index (χ3v) is 2.26. The number of carbonyl (C=O) groups excluding carboxylic acids is 1. The molecule has 0 amide bonds. The molecule has 0 bridgehead atoms. The molecule has 82 valence electrons. The molecular formula is C12H17NO2. The van der Waals surface area contributed by atoms with Crippen LogP contribution in [0, 0.1) is 0 Å². The highest BCUT2D eigenvalue weighted by molar-refractivity contribution is 5.92. The predicted octanol–water partition coefficient (Wildman–Crippen LogP) is 2.35. The van der Waals surface area contributed by atoms with Crippen LogP contribution in [0.5, 0.6) is 0 Å². The van der Waals surface area contributed by atoms with Crippen molar-refractivity contribution in [1.29, 1.82) is 0 Å². The van der Waals surface area contributed by atoms with E-state index in [9.17, 15) is 4.79 Å². The summed E-state index contributed by atoms with van der Waals surface area (Å²) in [5.74, 6) is -0.320. The Balaban J connectivity index is 3.33.